The maximum absolute atomic E-state index is 12.8. The highest BCUT2D eigenvalue weighted by atomic mass is 16.3. The SMILES string of the molecule is CCc1nc2n(n1)CC(NC(=O)c1cn(C)nc1-c1ccco1)CC2. The molecule has 0 fully saturated rings. The number of rotatable bonds is 4. The van der Waals surface area contributed by atoms with Gasteiger partial charge in [0.15, 0.2) is 11.6 Å². The summed E-state index contributed by atoms with van der Waals surface area (Å²) in [6.45, 7) is 2.68. The van der Waals surface area contributed by atoms with Crippen molar-refractivity contribution in [3.63, 3.8) is 0 Å². The fourth-order valence-electron chi connectivity index (χ4n) is 3.14. The fraction of sp³-hybridized carbons (Fsp3) is 0.412. The average Bonchev–Trinajstić information content (AvgIpc) is 3.32. The first kappa shape index (κ1) is 15.6. The molecule has 1 aliphatic heterocycles. The van der Waals surface area contributed by atoms with Gasteiger partial charge in [-0.2, -0.15) is 10.2 Å². The van der Waals surface area contributed by atoms with E-state index in [2.05, 4.69) is 20.5 Å². The fourth-order valence-corrected chi connectivity index (χ4v) is 3.14. The molecular weight excluding hydrogens is 320 g/mol. The van der Waals surface area contributed by atoms with Gasteiger partial charge in [-0.3, -0.25) is 9.48 Å². The molecule has 8 heteroatoms. The van der Waals surface area contributed by atoms with Crippen LogP contribution in [0.25, 0.3) is 11.5 Å². The second-order valence-electron chi connectivity index (χ2n) is 6.23. The van der Waals surface area contributed by atoms with Crippen LogP contribution in [-0.2, 0) is 26.4 Å². The number of nitrogens with zero attached hydrogens (tertiary/aromatic N) is 5. The molecule has 8 nitrogen and oxygen atoms in total. The number of nitrogens with one attached hydrogen (secondary N) is 1. The van der Waals surface area contributed by atoms with E-state index in [4.69, 9.17) is 4.42 Å². The van der Waals surface area contributed by atoms with E-state index in [0.29, 0.717) is 23.6 Å². The molecule has 130 valence electrons. The third-order valence-corrected chi connectivity index (χ3v) is 4.38. The second kappa shape index (κ2) is 6.19. The van der Waals surface area contributed by atoms with Crippen molar-refractivity contribution in [2.24, 2.45) is 7.05 Å². The number of carbonyl (C=O) groups is 1. The number of hydrogen-bond donors (Lipinski definition) is 1. The first-order chi connectivity index (χ1) is 12.1. The van der Waals surface area contributed by atoms with Crippen LogP contribution in [0.2, 0.25) is 0 Å². The monoisotopic (exact) mass is 340 g/mol. The Kier molecular flexibility index (Phi) is 3.87. The molecule has 0 bridgehead atoms. The van der Waals surface area contributed by atoms with Gasteiger partial charge >= 0.3 is 0 Å². The number of amides is 1. The minimum absolute atomic E-state index is 0.0241. The highest BCUT2D eigenvalue weighted by molar-refractivity contribution is 5.99. The lowest BCUT2D eigenvalue weighted by molar-refractivity contribution is 0.0926. The summed E-state index contributed by atoms with van der Waals surface area (Å²) in [6.07, 6.45) is 5.77. The zero-order valence-corrected chi connectivity index (χ0v) is 14.3. The molecule has 0 aromatic carbocycles. The zero-order chi connectivity index (χ0) is 17.4. The van der Waals surface area contributed by atoms with Gasteiger partial charge in [0.1, 0.15) is 11.5 Å². The molecule has 1 unspecified atom stereocenters. The predicted octanol–water partition coefficient (Wildman–Crippen LogP) is 1.58. The molecule has 0 aliphatic carbocycles. The third kappa shape index (κ3) is 2.95. The molecule has 3 aromatic heterocycles. The van der Waals surface area contributed by atoms with E-state index in [1.165, 1.54) is 0 Å². The normalized spacial score (nSPS) is 16.6. The second-order valence-corrected chi connectivity index (χ2v) is 6.23. The molecule has 3 aromatic rings. The van der Waals surface area contributed by atoms with Crippen molar-refractivity contribution in [3.05, 3.63) is 41.8 Å². The van der Waals surface area contributed by atoms with Crippen LogP contribution < -0.4 is 5.32 Å². The van der Waals surface area contributed by atoms with Crippen molar-refractivity contribution in [2.45, 2.75) is 38.8 Å². The molecule has 4 heterocycles. The van der Waals surface area contributed by atoms with Crippen LogP contribution in [0, 0.1) is 0 Å². The van der Waals surface area contributed by atoms with Gasteiger partial charge < -0.3 is 9.73 Å². The highest BCUT2D eigenvalue weighted by Crippen LogP contribution is 2.23. The van der Waals surface area contributed by atoms with Crippen molar-refractivity contribution in [1.29, 1.82) is 0 Å². The summed E-state index contributed by atoms with van der Waals surface area (Å²) < 4.78 is 8.93. The molecule has 0 saturated heterocycles. The van der Waals surface area contributed by atoms with Crippen molar-refractivity contribution < 1.29 is 9.21 Å². The summed E-state index contributed by atoms with van der Waals surface area (Å²) in [4.78, 5) is 17.3. The van der Waals surface area contributed by atoms with Crippen LogP contribution in [0.5, 0.6) is 0 Å². The summed E-state index contributed by atoms with van der Waals surface area (Å²) in [5.41, 5.74) is 1.06. The van der Waals surface area contributed by atoms with Crippen LogP contribution in [0.15, 0.2) is 29.0 Å². The molecule has 0 saturated carbocycles. The quantitative estimate of drug-likeness (QED) is 0.779. The first-order valence-corrected chi connectivity index (χ1v) is 8.45. The number of hydrogen-bond acceptors (Lipinski definition) is 5. The molecular formula is C17H20N6O2. The first-order valence-electron chi connectivity index (χ1n) is 8.45. The summed E-state index contributed by atoms with van der Waals surface area (Å²) in [6, 6.07) is 3.61. The maximum atomic E-state index is 12.8. The number of aromatic nitrogens is 5. The summed E-state index contributed by atoms with van der Waals surface area (Å²) in [7, 11) is 1.79. The van der Waals surface area contributed by atoms with Crippen LogP contribution in [-0.4, -0.2) is 36.5 Å². The summed E-state index contributed by atoms with van der Waals surface area (Å²) in [5.74, 6) is 2.29. The number of fused-ring (bicyclic) bond motifs is 1. The highest BCUT2D eigenvalue weighted by Gasteiger charge is 2.25. The van der Waals surface area contributed by atoms with Gasteiger partial charge in [-0.25, -0.2) is 9.67 Å². The lowest BCUT2D eigenvalue weighted by Crippen LogP contribution is -2.41. The molecule has 1 N–H and O–H groups in total. The molecule has 0 radical (unpaired) electrons. The van der Waals surface area contributed by atoms with Gasteiger partial charge in [0.25, 0.3) is 5.91 Å². The van der Waals surface area contributed by atoms with Gasteiger partial charge in [0.2, 0.25) is 0 Å². The van der Waals surface area contributed by atoms with Crippen molar-refractivity contribution in [1.82, 2.24) is 29.9 Å². The van der Waals surface area contributed by atoms with Gasteiger partial charge in [-0.1, -0.05) is 6.92 Å². The van der Waals surface area contributed by atoms with E-state index in [9.17, 15) is 4.79 Å². The Morgan fingerprint density at radius 3 is 3.08 bits per heavy atom. The lowest BCUT2D eigenvalue weighted by atomic mass is 10.1. The molecule has 25 heavy (non-hydrogen) atoms. The number of aryl methyl sites for hydroxylation is 3. The molecule has 1 amide bonds. The molecule has 0 spiro atoms. The summed E-state index contributed by atoms with van der Waals surface area (Å²) >= 11 is 0. The van der Waals surface area contributed by atoms with E-state index in [-0.39, 0.29) is 11.9 Å². The Hall–Kier alpha value is -2.90. The average molecular weight is 340 g/mol. The smallest absolute Gasteiger partial charge is 0.255 e. The van der Waals surface area contributed by atoms with Crippen molar-refractivity contribution >= 4 is 5.91 Å². The van der Waals surface area contributed by atoms with Crippen LogP contribution >= 0.6 is 0 Å². The van der Waals surface area contributed by atoms with E-state index in [1.54, 1.807) is 36.3 Å². The van der Waals surface area contributed by atoms with E-state index in [0.717, 1.165) is 30.9 Å². The zero-order valence-electron chi connectivity index (χ0n) is 14.3. The van der Waals surface area contributed by atoms with E-state index in [1.807, 2.05) is 11.6 Å². The number of furan rings is 1. The van der Waals surface area contributed by atoms with E-state index < -0.39 is 0 Å². The number of carbonyl (C=O) groups excluding carboxylic acids is 1. The van der Waals surface area contributed by atoms with Gasteiger partial charge in [0.05, 0.1) is 18.4 Å². The van der Waals surface area contributed by atoms with Crippen molar-refractivity contribution in [2.75, 3.05) is 0 Å². The van der Waals surface area contributed by atoms with Crippen LogP contribution in [0.3, 0.4) is 0 Å². The lowest BCUT2D eigenvalue weighted by Gasteiger charge is -2.23. The Morgan fingerprint density at radius 2 is 2.32 bits per heavy atom. The third-order valence-electron chi connectivity index (χ3n) is 4.38. The maximum Gasteiger partial charge on any atom is 0.255 e. The molecule has 1 aliphatic rings. The van der Waals surface area contributed by atoms with Gasteiger partial charge in [-0.05, 0) is 18.6 Å². The largest absolute Gasteiger partial charge is 0.463 e. The standard InChI is InChI=1S/C17H20N6O2/c1-3-14-19-15-7-6-11(9-23(15)20-14)18-17(24)12-10-22(2)21-16(12)13-5-4-8-25-13/h4-5,8,10-11H,3,6-7,9H2,1-2H3,(H,18,24). The Labute approximate surface area is 144 Å². The van der Waals surface area contributed by atoms with Gasteiger partial charge in [0, 0.05) is 32.1 Å². The minimum atomic E-state index is -0.149. The molecule has 1 atom stereocenters. The van der Waals surface area contributed by atoms with Crippen LogP contribution in [0.1, 0.15) is 35.4 Å². The van der Waals surface area contributed by atoms with Crippen molar-refractivity contribution in [3.8, 4) is 11.5 Å². The van der Waals surface area contributed by atoms with Crippen LogP contribution in [0.4, 0.5) is 0 Å². The topological polar surface area (TPSA) is 90.8 Å². The Morgan fingerprint density at radius 1 is 1.44 bits per heavy atom. The van der Waals surface area contributed by atoms with Gasteiger partial charge in [-0.15, -0.1) is 0 Å². The molecule has 4 rings (SSSR count). The summed E-state index contributed by atoms with van der Waals surface area (Å²) in [5, 5.41) is 11.9. The minimum Gasteiger partial charge on any atom is -0.463 e. The Balaban J connectivity index is 1.52. The van der Waals surface area contributed by atoms with E-state index >= 15 is 0 Å². The Bertz CT molecular complexity index is 893. The predicted molar refractivity (Wildman–Crippen MR) is 89.9 cm³/mol.